The van der Waals surface area contributed by atoms with Gasteiger partial charge in [0.2, 0.25) is 0 Å². The van der Waals surface area contributed by atoms with E-state index in [1.807, 2.05) is 31.2 Å². The van der Waals surface area contributed by atoms with Crippen molar-refractivity contribution < 1.29 is 18.7 Å². The standard InChI is InChI=1S/C20H19FN2O3S/c1-12-4-7-15(8-5-12)26-13(2)19(24)23-20-22-17(11-27-20)14-6-9-18(25-3)16(21)10-14/h4-11,13H,1-3H3,(H,22,23,24). The summed E-state index contributed by atoms with van der Waals surface area (Å²) < 4.78 is 24.4. The number of rotatable bonds is 6. The Bertz CT molecular complexity index is 941. The number of carbonyl (C=O) groups is 1. The number of methoxy groups -OCH3 is 1. The normalized spacial score (nSPS) is 11.7. The van der Waals surface area contributed by atoms with Crippen LogP contribution < -0.4 is 14.8 Å². The van der Waals surface area contributed by atoms with E-state index in [4.69, 9.17) is 9.47 Å². The lowest BCUT2D eigenvalue weighted by atomic mass is 10.1. The number of benzene rings is 2. The number of carbonyl (C=O) groups excluding carboxylic acids is 1. The van der Waals surface area contributed by atoms with Crippen LogP contribution in [0.3, 0.4) is 0 Å². The quantitative estimate of drug-likeness (QED) is 0.669. The van der Waals surface area contributed by atoms with Gasteiger partial charge in [0.05, 0.1) is 12.8 Å². The van der Waals surface area contributed by atoms with Crippen LogP contribution in [0.25, 0.3) is 11.3 Å². The van der Waals surface area contributed by atoms with E-state index in [-0.39, 0.29) is 11.7 Å². The van der Waals surface area contributed by atoms with Gasteiger partial charge in [0.15, 0.2) is 22.8 Å². The zero-order valence-electron chi connectivity index (χ0n) is 15.2. The monoisotopic (exact) mass is 386 g/mol. The lowest BCUT2D eigenvalue weighted by molar-refractivity contribution is -0.122. The number of hydrogen-bond acceptors (Lipinski definition) is 5. The van der Waals surface area contributed by atoms with Gasteiger partial charge in [-0.15, -0.1) is 11.3 Å². The van der Waals surface area contributed by atoms with Crippen molar-refractivity contribution in [3.8, 4) is 22.8 Å². The first-order valence-corrected chi connectivity index (χ1v) is 9.18. The molecule has 1 heterocycles. The van der Waals surface area contributed by atoms with Gasteiger partial charge in [-0.25, -0.2) is 9.37 Å². The number of halogens is 1. The average molecular weight is 386 g/mol. The second-order valence-electron chi connectivity index (χ2n) is 5.95. The van der Waals surface area contributed by atoms with Crippen LogP contribution in [0.2, 0.25) is 0 Å². The third-order valence-electron chi connectivity index (χ3n) is 3.88. The molecule has 0 fully saturated rings. The SMILES string of the molecule is COc1ccc(-c2csc(NC(=O)C(C)Oc3ccc(C)cc3)n2)cc1F. The summed E-state index contributed by atoms with van der Waals surface area (Å²) >= 11 is 1.26. The Balaban J connectivity index is 1.65. The van der Waals surface area contributed by atoms with Crippen molar-refractivity contribution in [2.45, 2.75) is 20.0 Å². The number of hydrogen-bond donors (Lipinski definition) is 1. The molecule has 0 aliphatic heterocycles. The molecule has 0 saturated carbocycles. The number of nitrogens with one attached hydrogen (secondary N) is 1. The Morgan fingerprint density at radius 1 is 1.22 bits per heavy atom. The van der Waals surface area contributed by atoms with Crippen LogP contribution in [0.15, 0.2) is 47.8 Å². The predicted octanol–water partition coefficient (Wildman–Crippen LogP) is 4.67. The molecule has 0 bridgehead atoms. The zero-order valence-corrected chi connectivity index (χ0v) is 16.0. The van der Waals surface area contributed by atoms with Crippen molar-refractivity contribution in [2.24, 2.45) is 0 Å². The van der Waals surface area contributed by atoms with Crippen molar-refractivity contribution in [1.29, 1.82) is 0 Å². The summed E-state index contributed by atoms with van der Waals surface area (Å²) in [6, 6.07) is 12.1. The number of nitrogens with zero attached hydrogens (tertiary/aromatic N) is 1. The van der Waals surface area contributed by atoms with Crippen molar-refractivity contribution >= 4 is 22.4 Å². The molecule has 140 valence electrons. The lowest BCUT2D eigenvalue weighted by Gasteiger charge is -2.13. The molecule has 1 atom stereocenters. The Hall–Kier alpha value is -2.93. The highest BCUT2D eigenvalue weighted by atomic mass is 32.1. The summed E-state index contributed by atoms with van der Waals surface area (Å²) in [6.07, 6.45) is -0.682. The first-order chi connectivity index (χ1) is 13.0. The van der Waals surface area contributed by atoms with E-state index < -0.39 is 11.9 Å². The molecule has 27 heavy (non-hydrogen) atoms. The smallest absolute Gasteiger partial charge is 0.266 e. The lowest BCUT2D eigenvalue weighted by Crippen LogP contribution is -2.30. The van der Waals surface area contributed by atoms with Gasteiger partial charge in [0.25, 0.3) is 5.91 Å². The summed E-state index contributed by atoms with van der Waals surface area (Å²) in [6.45, 7) is 3.65. The van der Waals surface area contributed by atoms with Crippen LogP contribution in [-0.4, -0.2) is 24.1 Å². The van der Waals surface area contributed by atoms with Crippen LogP contribution in [0, 0.1) is 12.7 Å². The molecule has 1 amide bonds. The Morgan fingerprint density at radius 2 is 1.96 bits per heavy atom. The van der Waals surface area contributed by atoms with Crippen molar-refractivity contribution in [3.63, 3.8) is 0 Å². The molecule has 1 aromatic heterocycles. The minimum atomic E-state index is -0.682. The van der Waals surface area contributed by atoms with Crippen LogP contribution in [0.4, 0.5) is 9.52 Å². The fourth-order valence-electron chi connectivity index (χ4n) is 2.37. The van der Waals surface area contributed by atoms with E-state index in [2.05, 4.69) is 10.3 Å². The third kappa shape index (κ3) is 4.62. The number of aryl methyl sites for hydroxylation is 1. The summed E-state index contributed by atoms with van der Waals surface area (Å²) in [4.78, 5) is 16.7. The molecule has 0 aliphatic rings. The number of thiazole rings is 1. The molecule has 0 spiro atoms. The van der Waals surface area contributed by atoms with E-state index in [9.17, 15) is 9.18 Å². The van der Waals surface area contributed by atoms with Gasteiger partial charge in [-0.1, -0.05) is 17.7 Å². The van der Waals surface area contributed by atoms with Crippen molar-refractivity contribution in [3.05, 3.63) is 59.2 Å². The maximum Gasteiger partial charge on any atom is 0.266 e. The largest absolute Gasteiger partial charge is 0.494 e. The fraction of sp³-hybridized carbons (Fsp3) is 0.200. The van der Waals surface area contributed by atoms with Gasteiger partial charge in [0, 0.05) is 10.9 Å². The van der Waals surface area contributed by atoms with Crippen LogP contribution in [0.5, 0.6) is 11.5 Å². The van der Waals surface area contributed by atoms with E-state index in [1.54, 1.807) is 24.4 Å². The molecule has 0 radical (unpaired) electrons. The minimum absolute atomic E-state index is 0.171. The van der Waals surface area contributed by atoms with E-state index in [0.717, 1.165) is 5.56 Å². The van der Waals surface area contributed by atoms with Gasteiger partial charge in [-0.3, -0.25) is 10.1 Å². The molecule has 3 rings (SSSR count). The molecule has 0 aliphatic carbocycles. The minimum Gasteiger partial charge on any atom is -0.494 e. The summed E-state index contributed by atoms with van der Waals surface area (Å²) in [7, 11) is 1.41. The van der Waals surface area contributed by atoms with E-state index in [1.165, 1.54) is 24.5 Å². The van der Waals surface area contributed by atoms with Crippen molar-refractivity contribution in [2.75, 3.05) is 12.4 Å². The topological polar surface area (TPSA) is 60.5 Å². The summed E-state index contributed by atoms with van der Waals surface area (Å²) in [5.41, 5.74) is 2.29. The second-order valence-corrected chi connectivity index (χ2v) is 6.81. The second kappa shape index (κ2) is 8.18. The Morgan fingerprint density at radius 3 is 2.63 bits per heavy atom. The predicted molar refractivity (Wildman–Crippen MR) is 104 cm³/mol. The van der Waals surface area contributed by atoms with Gasteiger partial charge in [0.1, 0.15) is 5.75 Å². The van der Waals surface area contributed by atoms with Crippen LogP contribution >= 0.6 is 11.3 Å². The number of aromatic nitrogens is 1. The Labute approximate surface area is 160 Å². The number of ether oxygens (including phenoxy) is 2. The Kier molecular flexibility index (Phi) is 5.71. The highest BCUT2D eigenvalue weighted by Crippen LogP contribution is 2.28. The molecule has 0 saturated heterocycles. The van der Waals surface area contributed by atoms with Gasteiger partial charge in [-0.05, 0) is 44.2 Å². The maximum atomic E-state index is 13.9. The van der Waals surface area contributed by atoms with Gasteiger partial charge >= 0.3 is 0 Å². The molecule has 3 aromatic rings. The summed E-state index contributed by atoms with van der Waals surface area (Å²) in [5, 5.41) is 4.90. The molecular formula is C20H19FN2O3S. The van der Waals surface area contributed by atoms with E-state index in [0.29, 0.717) is 22.1 Å². The summed E-state index contributed by atoms with van der Waals surface area (Å²) in [5.74, 6) is 0.0208. The zero-order chi connectivity index (χ0) is 19.4. The molecular weight excluding hydrogens is 367 g/mol. The maximum absolute atomic E-state index is 13.9. The van der Waals surface area contributed by atoms with Gasteiger partial charge in [-0.2, -0.15) is 0 Å². The number of amides is 1. The van der Waals surface area contributed by atoms with E-state index >= 15 is 0 Å². The van der Waals surface area contributed by atoms with Crippen LogP contribution in [0.1, 0.15) is 12.5 Å². The van der Waals surface area contributed by atoms with Crippen LogP contribution in [-0.2, 0) is 4.79 Å². The molecule has 1 N–H and O–H groups in total. The first kappa shape index (κ1) is 18.8. The van der Waals surface area contributed by atoms with Crippen molar-refractivity contribution in [1.82, 2.24) is 4.98 Å². The first-order valence-electron chi connectivity index (χ1n) is 8.30. The molecule has 7 heteroatoms. The highest BCUT2D eigenvalue weighted by Gasteiger charge is 2.17. The number of anilines is 1. The third-order valence-corrected chi connectivity index (χ3v) is 4.64. The average Bonchev–Trinajstić information content (AvgIpc) is 3.12. The highest BCUT2D eigenvalue weighted by molar-refractivity contribution is 7.14. The molecule has 1 unspecified atom stereocenters. The fourth-order valence-corrected chi connectivity index (χ4v) is 3.09. The van der Waals surface area contributed by atoms with Gasteiger partial charge < -0.3 is 9.47 Å². The molecule has 2 aromatic carbocycles. The molecule has 5 nitrogen and oxygen atoms in total.